The van der Waals surface area contributed by atoms with Crippen molar-refractivity contribution in [1.29, 1.82) is 0 Å². The van der Waals surface area contributed by atoms with E-state index in [4.69, 9.17) is 4.74 Å². The van der Waals surface area contributed by atoms with Crippen LogP contribution in [0.2, 0.25) is 0 Å². The molecule has 3 nitrogen and oxygen atoms in total. The van der Waals surface area contributed by atoms with E-state index in [9.17, 15) is 13.2 Å². The number of aryl methyl sites for hydroxylation is 2. The minimum atomic E-state index is -4.33. The van der Waals surface area contributed by atoms with Crippen LogP contribution >= 0.6 is 0 Å². The monoisotopic (exact) mass is 288 g/mol. The summed E-state index contributed by atoms with van der Waals surface area (Å²) in [4.78, 5) is 6.22. The molecule has 0 bridgehead atoms. The van der Waals surface area contributed by atoms with E-state index in [0.717, 1.165) is 17.8 Å². The van der Waals surface area contributed by atoms with Crippen LogP contribution in [-0.4, -0.2) is 37.6 Å². The highest BCUT2D eigenvalue weighted by molar-refractivity contribution is 5.64. The molecule has 6 heteroatoms. The van der Waals surface area contributed by atoms with E-state index in [1.807, 2.05) is 18.9 Å². The number of rotatable bonds is 5. The second-order valence-corrected chi connectivity index (χ2v) is 4.63. The Labute approximate surface area is 117 Å². The zero-order valence-corrected chi connectivity index (χ0v) is 12.1. The van der Waals surface area contributed by atoms with Crippen LogP contribution in [0, 0.1) is 13.8 Å². The van der Waals surface area contributed by atoms with E-state index in [2.05, 4.69) is 4.99 Å². The maximum absolute atomic E-state index is 12.1. The third-order valence-corrected chi connectivity index (χ3v) is 2.78. The van der Waals surface area contributed by atoms with Gasteiger partial charge in [-0.2, -0.15) is 13.2 Å². The molecule has 1 rings (SSSR count). The number of nitrogens with zero attached hydrogens (tertiary/aromatic N) is 2. The highest BCUT2D eigenvalue weighted by Gasteiger charge is 2.28. The third-order valence-electron chi connectivity index (χ3n) is 2.78. The lowest BCUT2D eigenvalue weighted by Crippen LogP contribution is -2.19. The lowest BCUT2D eigenvalue weighted by atomic mass is 10.1. The van der Waals surface area contributed by atoms with Gasteiger partial charge in [0.15, 0.2) is 6.61 Å². The van der Waals surface area contributed by atoms with Gasteiger partial charge >= 0.3 is 6.18 Å². The lowest BCUT2D eigenvalue weighted by molar-refractivity contribution is -0.153. The quantitative estimate of drug-likeness (QED) is 0.607. The van der Waals surface area contributed by atoms with E-state index in [-0.39, 0.29) is 5.75 Å². The molecule has 0 radical (unpaired) electrons. The fourth-order valence-corrected chi connectivity index (χ4v) is 1.47. The molecule has 1 aromatic carbocycles. The summed E-state index contributed by atoms with van der Waals surface area (Å²) in [7, 11) is 1.90. The van der Waals surface area contributed by atoms with Gasteiger partial charge in [0.25, 0.3) is 0 Å². The summed E-state index contributed by atoms with van der Waals surface area (Å²) in [5.41, 5.74) is 2.13. The summed E-state index contributed by atoms with van der Waals surface area (Å²) in [6.45, 7) is 5.03. The molecule has 0 unspecified atom stereocenters. The molecule has 0 heterocycles. The van der Waals surface area contributed by atoms with Crippen molar-refractivity contribution in [2.75, 3.05) is 20.2 Å². The standard InChI is InChI=1S/C14H19F3N2O/c1-5-19(4)9-18-12-6-11(3)13(7-10(12)2)20-8-14(15,16)17/h6-7,9H,5,8H2,1-4H3/b18-9+. The molecule has 0 amide bonds. The Hall–Kier alpha value is -1.72. The molecule has 0 saturated heterocycles. The van der Waals surface area contributed by atoms with Gasteiger partial charge < -0.3 is 9.64 Å². The summed E-state index contributed by atoms with van der Waals surface area (Å²) in [5.74, 6) is 0.239. The van der Waals surface area contributed by atoms with Gasteiger partial charge in [-0.15, -0.1) is 0 Å². The predicted molar refractivity (Wildman–Crippen MR) is 73.9 cm³/mol. The zero-order chi connectivity index (χ0) is 15.3. The molecular weight excluding hydrogens is 269 g/mol. The van der Waals surface area contributed by atoms with E-state index < -0.39 is 12.8 Å². The van der Waals surface area contributed by atoms with Gasteiger partial charge in [-0.05, 0) is 44.0 Å². The maximum atomic E-state index is 12.1. The van der Waals surface area contributed by atoms with Crippen molar-refractivity contribution in [1.82, 2.24) is 4.90 Å². The highest BCUT2D eigenvalue weighted by atomic mass is 19.4. The number of aliphatic imine (C=N–C) groups is 1. The smallest absolute Gasteiger partial charge is 0.422 e. The molecule has 0 spiro atoms. The van der Waals surface area contributed by atoms with Crippen LogP contribution in [0.3, 0.4) is 0 Å². The summed E-state index contributed by atoms with van der Waals surface area (Å²) < 4.78 is 41.2. The van der Waals surface area contributed by atoms with E-state index >= 15 is 0 Å². The molecule has 0 fully saturated rings. The second-order valence-electron chi connectivity index (χ2n) is 4.63. The van der Waals surface area contributed by atoms with Crippen molar-refractivity contribution in [3.63, 3.8) is 0 Å². The van der Waals surface area contributed by atoms with Crippen LogP contribution in [0.4, 0.5) is 18.9 Å². The Balaban J connectivity index is 2.89. The Kier molecular flexibility index (Phi) is 5.42. The summed E-state index contributed by atoms with van der Waals surface area (Å²) >= 11 is 0. The van der Waals surface area contributed by atoms with Crippen molar-refractivity contribution < 1.29 is 17.9 Å². The summed E-state index contributed by atoms with van der Waals surface area (Å²) in [5, 5.41) is 0. The van der Waals surface area contributed by atoms with Gasteiger partial charge in [-0.3, -0.25) is 0 Å². The van der Waals surface area contributed by atoms with E-state index in [0.29, 0.717) is 5.56 Å². The van der Waals surface area contributed by atoms with Gasteiger partial charge in [0.1, 0.15) is 5.75 Å². The number of halogens is 3. The Morgan fingerprint density at radius 2 is 1.90 bits per heavy atom. The Morgan fingerprint density at radius 3 is 2.45 bits per heavy atom. The SMILES string of the molecule is CCN(C)/C=N/c1cc(C)c(OCC(F)(F)F)cc1C. The first-order valence-electron chi connectivity index (χ1n) is 6.28. The molecular formula is C14H19F3N2O. The highest BCUT2D eigenvalue weighted by Crippen LogP contribution is 2.29. The van der Waals surface area contributed by atoms with Crippen molar-refractivity contribution in [3.8, 4) is 5.75 Å². The second kappa shape index (κ2) is 6.63. The fraction of sp³-hybridized carbons (Fsp3) is 0.500. The van der Waals surface area contributed by atoms with Crippen molar-refractivity contribution >= 4 is 12.0 Å². The Morgan fingerprint density at radius 1 is 1.25 bits per heavy atom. The minimum Gasteiger partial charge on any atom is -0.484 e. The molecule has 0 aromatic heterocycles. The van der Waals surface area contributed by atoms with Gasteiger partial charge in [0.05, 0.1) is 12.0 Å². The molecule has 1 aromatic rings. The third kappa shape index (κ3) is 5.11. The fourth-order valence-electron chi connectivity index (χ4n) is 1.47. The van der Waals surface area contributed by atoms with Gasteiger partial charge in [0, 0.05) is 13.6 Å². The van der Waals surface area contributed by atoms with Gasteiger partial charge in [-0.1, -0.05) is 0 Å². The molecule has 0 aliphatic heterocycles. The molecule has 0 N–H and O–H groups in total. The van der Waals surface area contributed by atoms with Crippen LogP contribution in [-0.2, 0) is 0 Å². The minimum absolute atomic E-state index is 0.239. The van der Waals surface area contributed by atoms with Crippen LogP contribution in [0.25, 0.3) is 0 Å². The van der Waals surface area contributed by atoms with Gasteiger partial charge in [-0.25, -0.2) is 4.99 Å². The topological polar surface area (TPSA) is 24.8 Å². The van der Waals surface area contributed by atoms with E-state index in [1.165, 1.54) is 0 Å². The van der Waals surface area contributed by atoms with E-state index in [1.54, 1.807) is 32.3 Å². The lowest BCUT2D eigenvalue weighted by Gasteiger charge is -2.14. The number of ether oxygens (including phenoxy) is 1. The molecule has 0 aliphatic carbocycles. The van der Waals surface area contributed by atoms with Crippen molar-refractivity contribution in [2.24, 2.45) is 4.99 Å². The largest absolute Gasteiger partial charge is 0.484 e. The molecule has 20 heavy (non-hydrogen) atoms. The van der Waals surface area contributed by atoms with Crippen molar-refractivity contribution in [2.45, 2.75) is 26.9 Å². The van der Waals surface area contributed by atoms with Crippen LogP contribution in [0.1, 0.15) is 18.1 Å². The van der Waals surface area contributed by atoms with Crippen LogP contribution in [0.5, 0.6) is 5.75 Å². The average molecular weight is 288 g/mol. The first-order chi connectivity index (χ1) is 9.23. The number of alkyl halides is 3. The van der Waals surface area contributed by atoms with Crippen LogP contribution in [0.15, 0.2) is 17.1 Å². The summed E-state index contributed by atoms with van der Waals surface area (Å²) in [6, 6.07) is 3.31. The van der Waals surface area contributed by atoms with Crippen molar-refractivity contribution in [3.05, 3.63) is 23.3 Å². The van der Waals surface area contributed by atoms with Gasteiger partial charge in [0.2, 0.25) is 0 Å². The molecule has 112 valence electrons. The molecule has 0 aliphatic rings. The zero-order valence-electron chi connectivity index (χ0n) is 12.1. The number of benzene rings is 1. The maximum Gasteiger partial charge on any atom is 0.422 e. The average Bonchev–Trinajstić information content (AvgIpc) is 2.36. The number of hydrogen-bond acceptors (Lipinski definition) is 2. The Bertz CT molecular complexity index is 484. The molecule has 0 saturated carbocycles. The molecule has 0 atom stereocenters. The predicted octanol–water partition coefficient (Wildman–Crippen LogP) is 3.86. The summed E-state index contributed by atoms with van der Waals surface area (Å²) in [6.07, 6.45) is -2.64. The normalized spacial score (nSPS) is 11.9. The first-order valence-corrected chi connectivity index (χ1v) is 6.28. The number of hydrogen-bond donors (Lipinski definition) is 0. The van der Waals surface area contributed by atoms with Crippen LogP contribution < -0.4 is 4.74 Å². The first kappa shape index (κ1) is 16.3.